The van der Waals surface area contributed by atoms with Crippen molar-refractivity contribution in [2.75, 3.05) is 6.61 Å². The summed E-state index contributed by atoms with van der Waals surface area (Å²) in [6.45, 7) is 2.16. The highest BCUT2D eigenvalue weighted by Gasteiger charge is 2.03. The first kappa shape index (κ1) is 8.71. The number of esters is 1. The van der Waals surface area contributed by atoms with Gasteiger partial charge in [0.15, 0.2) is 0 Å². The van der Waals surface area contributed by atoms with Crippen molar-refractivity contribution in [3.05, 3.63) is 36.5 Å². The van der Waals surface area contributed by atoms with Crippen LogP contribution in [-0.2, 0) is 9.53 Å². The van der Waals surface area contributed by atoms with Crippen molar-refractivity contribution in [3.63, 3.8) is 0 Å². The van der Waals surface area contributed by atoms with Crippen molar-refractivity contribution >= 4 is 5.97 Å². The van der Waals surface area contributed by atoms with Gasteiger partial charge in [-0.2, -0.15) is 0 Å². The molecule has 0 aliphatic heterocycles. The minimum absolute atomic E-state index is 0.351. The van der Waals surface area contributed by atoms with Gasteiger partial charge in [0.25, 0.3) is 0 Å². The van der Waals surface area contributed by atoms with Crippen molar-refractivity contribution in [3.8, 4) is 0 Å². The van der Waals surface area contributed by atoms with Gasteiger partial charge >= 0.3 is 5.97 Å². The monoisotopic (exact) mass is 164 g/mol. The fourth-order valence-electron chi connectivity index (χ4n) is 0.766. The molecule has 0 aliphatic rings. The molecule has 0 amide bonds. The fourth-order valence-corrected chi connectivity index (χ4v) is 0.766. The van der Waals surface area contributed by atoms with Gasteiger partial charge in [0.05, 0.1) is 12.3 Å². The summed E-state index contributed by atoms with van der Waals surface area (Å²) >= 11 is 0. The molecule has 3 nitrogen and oxygen atoms in total. The molecule has 0 spiro atoms. The highest BCUT2D eigenvalue weighted by Crippen LogP contribution is 1.98. The van der Waals surface area contributed by atoms with Crippen LogP contribution in [-0.4, -0.2) is 17.6 Å². The summed E-state index contributed by atoms with van der Waals surface area (Å²) in [5.74, 6) is -0.351. The van der Waals surface area contributed by atoms with Crippen LogP contribution in [0, 0.1) is 6.42 Å². The van der Waals surface area contributed by atoms with Gasteiger partial charge in [-0.25, -0.2) is 0 Å². The quantitative estimate of drug-likeness (QED) is 0.630. The molecule has 3 heteroatoms. The molecule has 0 fully saturated rings. The van der Waals surface area contributed by atoms with E-state index in [2.05, 4.69) is 4.98 Å². The van der Waals surface area contributed by atoms with Crippen LogP contribution < -0.4 is 0 Å². The first-order valence-electron chi connectivity index (χ1n) is 3.75. The molecule has 0 aliphatic carbocycles. The summed E-state index contributed by atoms with van der Waals surface area (Å²) < 4.78 is 4.71. The molecule has 0 atom stereocenters. The van der Waals surface area contributed by atoms with E-state index in [4.69, 9.17) is 4.74 Å². The van der Waals surface area contributed by atoms with Crippen LogP contribution in [0.5, 0.6) is 0 Å². The number of ether oxygens (including phenoxy) is 1. The lowest BCUT2D eigenvalue weighted by atomic mass is 10.3. The average molecular weight is 164 g/mol. The van der Waals surface area contributed by atoms with E-state index < -0.39 is 0 Å². The number of nitrogens with zero attached hydrogens (tertiary/aromatic N) is 1. The number of aromatic nitrogens is 1. The van der Waals surface area contributed by atoms with Crippen molar-refractivity contribution < 1.29 is 9.53 Å². The van der Waals surface area contributed by atoms with E-state index >= 15 is 0 Å². The number of carbonyl (C=O) groups excluding carboxylic acids is 1. The number of hydrogen-bond acceptors (Lipinski definition) is 3. The number of hydrogen-bond donors (Lipinski definition) is 0. The minimum Gasteiger partial charge on any atom is -0.465 e. The van der Waals surface area contributed by atoms with Crippen LogP contribution in [0.3, 0.4) is 0 Å². The second kappa shape index (κ2) is 4.49. The van der Waals surface area contributed by atoms with E-state index in [1.54, 1.807) is 25.3 Å². The largest absolute Gasteiger partial charge is 0.465 e. The summed E-state index contributed by atoms with van der Waals surface area (Å²) in [5, 5.41) is 0. The smallest absolute Gasteiger partial charge is 0.316 e. The zero-order valence-corrected chi connectivity index (χ0v) is 6.86. The van der Waals surface area contributed by atoms with Crippen molar-refractivity contribution in [2.24, 2.45) is 0 Å². The highest BCUT2D eigenvalue weighted by atomic mass is 16.5. The molecule has 63 valence electrons. The van der Waals surface area contributed by atoms with Gasteiger partial charge in [0.2, 0.25) is 0 Å². The Morgan fingerprint density at radius 1 is 1.67 bits per heavy atom. The minimum atomic E-state index is -0.351. The third-order valence-electron chi connectivity index (χ3n) is 1.24. The predicted octanol–water partition coefficient (Wildman–Crippen LogP) is 1.20. The molecule has 1 heterocycles. The van der Waals surface area contributed by atoms with Crippen LogP contribution in [0.1, 0.15) is 12.6 Å². The first-order valence-corrected chi connectivity index (χ1v) is 3.75. The van der Waals surface area contributed by atoms with Crippen LogP contribution in [0.4, 0.5) is 0 Å². The lowest BCUT2D eigenvalue weighted by Gasteiger charge is -1.99. The summed E-state index contributed by atoms with van der Waals surface area (Å²) in [6.07, 6.45) is 2.99. The molecular formula is C9H10NO2. The summed E-state index contributed by atoms with van der Waals surface area (Å²) in [4.78, 5) is 14.8. The van der Waals surface area contributed by atoms with Gasteiger partial charge in [-0.15, -0.1) is 0 Å². The summed E-state index contributed by atoms with van der Waals surface area (Å²) in [7, 11) is 0. The maximum absolute atomic E-state index is 10.9. The number of pyridine rings is 1. The molecule has 0 aromatic carbocycles. The zero-order valence-electron chi connectivity index (χ0n) is 6.86. The molecule has 1 aromatic heterocycles. The maximum Gasteiger partial charge on any atom is 0.316 e. The second-order valence-corrected chi connectivity index (χ2v) is 2.15. The van der Waals surface area contributed by atoms with E-state index in [0.717, 1.165) is 0 Å². The Bertz CT molecular complexity index is 246. The van der Waals surface area contributed by atoms with Gasteiger partial charge in [-0.1, -0.05) is 6.07 Å². The van der Waals surface area contributed by atoms with Gasteiger partial charge in [-0.05, 0) is 19.1 Å². The van der Waals surface area contributed by atoms with Gasteiger partial charge in [0.1, 0.15) is 6.42 Å². The molecule has 1 rings (SSSR count). The fraction of sp³-hybridized carbons (Fsp3) is 0.222. The Labute approximate surface area is 71.4 Å². The van der Waals surface area contributed by atoms with E-state index in [1.165, 1.54) is 6.42 Å². The topological polar surface area (TPSA) is 39.2 Å². The zero-order chi connectivity index (χ0) is 8.81. The van der Waals surface area contributed by atoms with Crippen molar-refractivity contribution in [1.82, 2.24) is 4.98 Å². The number of carbonyl (C=O) groups is 1. The molecule has 0 unspecified atom stereocenters. The third-order valence-corrected chi connectivity index (χ3v) is 1.24. The van der Waals surface area contributed by atoms with E-state index in [1.807, 2.05) is 6.07 Å². The second-order valence-electron chi connectivity index (χ2n) is 2.15. The number of rotatable bonds is 3. The van der Waals surface area contributed by atoms with Gasteiger partial charge in [-0.3, -0.25) is 9.78 Å². The predicted molar refractivity (Wildman–Crippen MR) is 44.3 cm³/mol. The molecule has 1 aromatic rings. The molecule has 0 saturated carbocycles. The Morgan fingerprint density at radius 2 is 2.50 bits per heavy atom. The maximum atomic E-state index is 10.9. The lowest BCUT2D eigenvalue weighted by Crippen LogP contribution is -2.05. The van der Waals surface area contributed by atoms with Crippen molar-refractivity contribution in [1.29, 1.82) is 0 Å². The molecule has 12 heavy (non-hydrogen) atoms. The summed E-state index contributed by atoms with van der Waals surface area (Å²) in [5.41, 5.74) is 0.621. The van der Waals surface area contributed by atoms with Crippen LogP contribution >= 0.6 is 0 Å². The molecule has 0 N–H and O–H groups in total. The Morgan fingerprint density at radius 3 is 3.08 bits per heavy atom. The Kier molecular flexibility index (Phi) is 3.26. The first-order chi connectivity index (χ1) is 5.83. The van der Waals surface area contributed by atoms with Crippen LogP contribution in [0.2, 0.25) is 0 Å². The standard InChI is InChI=1S/C9H10NO2/c1-2-12-9(11)7-8-5-3-4-6-10-8/h3-7H,2H2,1H3. The summed E-state index contributed by atoms with van der Waals surface area (Å²) in [6, 6.07) is 5.36. The van der Waals surface area contributed by atoms with Crippen molar-refractivity contribution in [2.45, 2.75) is 6.92 Å². The van der Waals surface area contributed by atoms with Gasteiger partial charge in [0, 0.05) is 6.20 Å². The van der Waals surface area contributed by atoms with Gasteiger partial charge < -0.3 is 4.74 Å². The highest BCUT2D eigenvalue weighted by molar-refractivity contribution is 5.82. The van der Waals surface area contributed by atoms with E-state index in [-0.39, 0.29) is 5.97 Å². The van der Waals surface area contributed by atoms with E-state index in [9.17, 15) is 4.79 Å². The lowest BCUT2D eigenvalue weighted by molar-refractivity contribution is -0.138. The van der Waals surface area contributed by atoms with Crippen LogP contribution in [0.15, 0.2) is 24.4 Å². The Balaban J connectivity index is 2.47. The van der Waals surface area contributed by atoms with Crippen LogP contribution in [0.25, 0.3) is 0 Å². The average Bonchev–Trinajstić information content (AvgIpc) is 2.06. The molecular weight excluding hydrogens is 154 g/mol. The molecule has 1 radical (unpaired) electrons. The molecule has 0 bridgehead atoms. The normalized spacial score (nSPS) is 9.42. The SMILES string of the molecule is CCOC(=O)[CH]c1ccccn1. The van der Waals surface area contributed by atoms with E-state index in [0.29, 0.717) is 12.3 Å². The Hall–Kier alpha value is -1.38. The third kappa shape index (κ3) is 2.70. The molecule has 0 saturated heterocycles.